The molecule has 0 radical (unpaired) electrons. The summed E-state index contributed by atoms with van der Waals surface area (Å²) in [6.45, 7) is 2.10. The number of rotatable bonds is 6. The number of piperidine rings is 1. The molecule has 2 aliphatic heterocycles. The number of aliphatic hydroxyl groups is 1. The average molecular weight is 373 g/mol. The van der Waals surface area contributed by atoms with Gasteiger partial charge in [0.05, 0.1) is 12.1 Å². The van der Waals surface area contributed by atoms with Crippen molar-refractivity contribution in [2.45, 2.75) is 44.2 Å². The highest BCUT2D eigenvalue weighted by atomic mass is 16.3. The van der Waals surface area contributed by atoms with E-state index in [4.69, 9.17) is 0 Å². The molecule has 2 heterocycles. The van der Waals surface area contributed by atoms with Crippen LogP contribution in [0.25, 0.3) is 0 Å². The Kier molecular flexibility index (Phi) is 6.45. The Morgan fingerprint density at radius 1 is 1.19 bits per heavy atom. The fraction of sp³-hybridized carbons (Fsp3) is 0.550. The lowest BCUT2D eigenvalue weighted by molar-refractivity contribution is -0.128. The predicted octanol–water partition coefficient (Wildman–Crippen LogP) is 0.781. The molecule has 3 amide bonds. The van der Waals surface area contributed by atoms with Crippen molar-refractivity contribution in [2.75, 3.05) is 26.2 Å². The molecule has 0 bridgehead atoms. The van der Waals surface area contributed by atoms with Crippen molar-refractivity contribution in [3.8, 4) is 0 Å². The van der Waals surface area contributed by atoms with Crippen LogP contribution in [0.3, 0.4) is 0 Å². The number of benzene rings is 1. The van der Waals surface area contributed by atoms with Crippen LogP contribution in [-0.4, -0.2) is 71.0 Å². The van der Waals surface area contributed by atoms with E-state index in [1.54, 1.807) is 21.9 Å². The maximum Gasteiger partial charge on any atom is 0.253 e. The smallest absolute Gasteiger partial charge is 0.253 e. The van der Waals surface area contributed by atoms with Crippen LogP contribution >= 0.6 is 0 Å². The number of carbonyl (C=O) groups excluding carboxylic acids is 3. The van der Waals surface area contributed by atoms with Crippen LogP contribution in [0, 0.1) is 0 Å². The fourth-order valence-electron chi connectivity index (χ4n) is 3.70. The highest BCUT2D eigenvalue weighted by Crippen LogP contribution is 2.15. The van der Waals surface area contributed by atoms with Crippen LogP contribution in [0.1, 0.15) is 42.5 Å². The first kappa shape index (κ1) is 19.4. The lowest BCUT2D eigenvalue weighted by Gasteiger charge is -2.36. The molecule has 2 aliphatic rings. The van der Waals surface area contributed by atoms with Crippen LogP contribution in [0.5, 0.6) is 0 Å². The molecule has 2 atom stereocenters. The summed E-state index contributed by atoms with van der Waals surface area (Å²) in [7, 11) is 0. The largest absolute Gasteiger partial charge is 0.389 e. The molecular weight excluding hydrogens is 346 g/mol. The lowest BCUT2D eigenvalue weighted by Crippen LogP contribution is -2.55. The van der Waals surface area contributed by atoms with Crippen molar-refractivity contribution in [2.24, 2.45) is 0 Å². The monoisotopic (exact) mass is 373 g/mol. The minimum Gasteiger partial charge on any atom is -0.389 e. The fourth-order valence-corrected chi connectivity index (χ4v) is 3.70. The molecule has 3 rings (SSSR count). The van der Waals surface area contributed by atoms with Crippen LogP contribution in [0.2, 0.25) is 0 Å². The van der Waals surface area contributed by atoms with E-state index in [1.807, 2.05) is 18.2 Å². The Bertz CT molecular complexity index is 679. The SMILES string of the molecule is O=C(CCCN1CCCC1=O)N[C@@H]1CCN(C(=O)c2ccccc2)C[C@H]1O. The second-order valence-electron chi connectivity index (χ2n) is 7.24. The highest BCUT2D eigenvalue weighted by Gasteiger charge is 2.31. The molecule has 0 spiro atoms. The number of β-amino-alcohol motifs (C(OH)–C–C–N with tert-alkyl or cyclic N) is 1. The second-order valence-corrected chi connectivity index (χ2v) is 7.24. The van der Waals surface area contributed by atoms with Crippen molar-refractivity contribution in [3.63, 3.8) is 0 Å². The van der Waals surface area contributed by atoms with E-state index in [0.717, 1.165) is 13.0 Å². The third-order valence-corrected chi connectivity index (χ3v) is 5.24. The first-order chi connectivity index (χ1) is 13.0. The second kappa shape index (κ2) is 8.99. The van der Waals surface area contributed by atoms with Crippen LogP contribution < -0.4 is 5.32 Å². The third kappa shape index (κ3) is 5.07. The van der Waals surface area contributed by atoms with E-state index < -0.39 is 6.10 Å². The molecule has 0 saturated carbocycles. The molecule has 1 aromatic carbocycles. The van der Waals surface area contributed by atoms with Gasteiger partial charge in [0.2, 0.25) is 11.8 Å². The van der Waals surface area contributed by atoms with Gasteiger partial charge >= 0.3 is 0 Å². The molecule has 1 aromatic rings. The molecule has 2 saturated heterocycles. The number of carbonyl (C=O) groups is 3. The molecule has 7 heteroatoms. The molecule has 146 valence electrons. The van der Waals surface area contributed by atoms with Crippen molar-refractivity contribution >= 4 is 17.7 Å². The number of likely N-dealkylation sites (tertiary alicyclic amines) is 2. The van der Waals surface area contributed by atoms with Gasteiger partial charge in [-0.3, -0.25) is 14.4 Å². The Balaban J connectivity index is 1.41. The quantitative estimate of drug-likeness (QED) is 0.771. The lowest BCUT2D eigenvalue weighted by atomic mass is 10.0. The topological polar surface area (TPSA) is 90.0 Å². The number of hydrogen-bond donors (Lipinski definition) is 2. The summed E-state index contributed by atoms with van der Waals surface area (Å²) in [5, 5.41) is 13.2. The number of nitrogens with zero attached hydrogens (tertiary/aromatic N) is 2. The first-order valence-corrected chi connectivity index (χ1v) is 9.64. The van der Waals surface area contributed by atoms with Gasteiger partial charge < -0.3 is 20.2 Å². The molecule has 2 fully saturated rings. The zero-order chi connectivity index (χ0) is 19.2. The summed E-state index contributed by atoms with van der Waals surface area (Å²) in [6.07, 6.45) is 2.21. The Hall–Kier alpha value is -2.41. The highest BCUT2D eigenvalue weighted by molar-refractivity contribution is 5.94. The Morgan fingerprint density at radius 3 is 2.63 bits per heavy atom. The van der Waals surface area contributed by atoms with Gasteiger partial charge in [0.25, 0.3) is 5.91 Å². The van der Waals surface area contributed by atoms with Crippen LogP contribution in [0.15, 0.2) is 30.3 Å². The number of hydrogen-bond acceptors (Lipinski definition) is 4. The molecule has 2 N–H and O–H groups in total. The Labute approximate surface area is 159 Å². The zero-order valence-electron chi connectivity index (χ0n) is 15.5. The van der Waals surface area contributed by atoms with Crippen LogP contribution in [0.4, 0.5) is 0 Å². The molecule has 0 aliphatic carbocycles. The van der Waals surface area contributed by atoms with Crippen molar-refractivity contribution in [3.05, 3.63) is 35.9 Å². The standard InChI is InChI=1S/C20H27N3O4/c24-17-14-23(20(27)15-6-2-1-3-7-15)13-10-16(17)21-18(25)8-4-11-22-12-5-9-19(22)26/h1-3,6-7,16-17,24H,4-5,8-14H2,(H,21,25)/t16-,17-/m1/s1. The average Bonchev–Trinajstić information content (AvgIpc) is 3.08. The Morgan fingerprint density at radius 2 is 1.96 bits per heavy atom. The van der Waals surface area contributed by atoms with Crippen LogP contribution in [-0.2, 0) is 9.59 Å². The van der Waals surface area contributed by atoms with Crippen molar-refractivity contribution in [1.82, 2.24) is 15.1 Å². The van der Waals surface area contributed by atoms with Gasteiger partial charge in [-0.15, -0.1) is 0 Å². The van der Waals surface area contributed by atoms with E-state index >= 15 is 0 Å². The van der Waals surface area contributed by atoms with E-state index in [9.17, 15) is 19.5 Å². The molecule has 7 nitrogen and oxygen atoms in total. The zero-order valence-corrected chi connectivity index (χ0v) is 15.5. The summed E-state index contributed by atoms with van der Waals surface area (Å²) >= 11 is 0. The molecular formula is C20H27N3O4. The van der Waals surface area contributed by atoms with Crippen molar-refractivity contribution in [1.29, 1.82) is 0 Å². The van der Waals surface area contributed by atoms with E-state index in [1.165, 1.54) is 0 Å². The predicted molar refractivity (Wildman–Crippen MR) is 99.9 cm³/mol. The molecule has 0 unspecified atom stereocenters. The van der Waals surface area contributed by atoms with Gasteiger partial charge in [-0.1, -0.05) is 18.2 Å². The van der Waals surface area contributed by atoms with Gasteiger partial charge in [0.1, 0.15) is 0 Å². The number of amides is 3. The van der Waals surface area contributed by atoms with E-state index in [0.29, 0.717) is 44.3 Å². The molecule has 27 heavy (non-hydrogen) atoms. The number of aliphatic hydroxyl groups excluding tert-OH is 1. The minimum atomic E-state index is -0.782. The summed E-state index contributed by atoms with van der Waals surface area (Å²) in [5.74, 6) is -0.0514. The van der Waals surface area contributed by atoms with Gasteiger partial charge in [0, 0.05) is 44.6 Å². The summed E-state index contributed by atoms with van der Waals surface area (Å²) in [4.78, 5) is 39.6. The van der Waals surface area contributed by atoms with Gasteiger partial charge in [-0.05, 0) is 31.4 Å². The first-order valence-electron chi connectivity index (χ1n) is 9.64. The van der Waals surface area contributed by atoms with Gasteiger partial charge in [-0.25, -0.2) is 0 Å². The maximum atomic E-state index is 12.5. The number of nitrogens with one attached hydrogen (secondary N) is 1. The van der Waals surface area contributed by atoms with E-state index in [2.05, 4.69) is 5.32 Å². The van der Waals surface area contributed by atoms with Gasteiger partial charge in [0.15, 0.2) is 0 Å². The van der Waals surface area contributed by atoms with E-state index in [-0.39, 0.29) is 30.3 Å². The third-order valence-electron chi connectivity index (χ3n) is 5.24. The summed E-state index contributed by atoms with van der Waals surface area (Å²) in [6, 6.07) is 8.65. The maximum absolute atomic E-state index is 12.5. The van der Waals surface area contributed by atoms with Crippen molar-refractivity contribution < 1.29 is 19.5 Å². The summed E-state index contributed by atoms with van der Waals surface area (Å²) in [5.41, 5.74) is 0.601. The van der Waals surface area contributed by atoms with Gasteiger partial charge in [-0.2, -0.15) is 0 Å². The normalized spacial score (nSPS) is 22.8. The molecule has 0 aromatic heterocycles. The minimum absolute atomic E-state index is 0.102. The summed E-state index contributed by atoms with van der Waals surface area (Å²) < 4.78 is 0.